The Morgan fingerprint density at radius 2 is 1.55 bits per heavy atom. The summed E-state index contributed by atoms with van der Waals surface area (Å²) in [7, 11) is 1.92. The molecule has 0 atom stereocenters. The maximum atomic E-state index is 8.78. The molecule has 0 unspecified atom stereocenters. The molecule has 9 heteroatoms. The molecule has 0 saturated heterocycles. The second-order valence-electron chi connectivity index (χ2n) is 8.12. The molecule has 0 bridgehead atoms. The Hall–Kier alpha value is -4.01. The molecule has 3 N–H and O–H groups in total. The van der Waals surface area contributed by atoms with E-state index in [0.29, 0.717) is 6.04 Å². The van der Waals surface area contributed by atoms with Crippen LogP contribution in [0.3, 0.4) is 0 Å². The molecule has 170 valence electrons. The van der Waals surface area contributed by atoms with E-state index in [1.807, 2.05) is 50.2 Å². The van der Waals surface area contributed by atoms with Crippen LogP contribution in [0.1, 0.15) is 38.1 Å². The molecule has 1 amide bonds. The molecule has 4 aromatic rings. The predicted octanol–water partition coefficient (Wildman–Crippen LogP) is 4.54. The number of aryl methyl sites for hydroxylation is 1. The SMILES string of the molecule is Cn1cc(-c2cccc(-c3ncc(-c4cnn(C5CCCCC5)c4)cn3)c2)cn1.NC(=O)O. The predicted molar refractivity (Wildman–Crippen MR) is 125 cm³/mol. The van der Waals surface area contributed by atoms with E-state index >= 15 is 0 Å². The molecule has 0 radical (unpaired) electrons. The van der Waals surface area contributed by atoms with E-state index in [1.54, 1.807) is 4.68 Å². The number of hydrogen-bond donors (Lipinski definition) is 2. The smallest absolute Gasteiger partial charge is 0.402 e. The van der Waals surface area contributed by atoms with Crippen molar-refractivity contribution in [2.45, 2.75) is 38.1 Å². The average molecular weight is 446 g/mol. The number of nitrogens with two attached hydrogens (primary N) is 1. The number of benzene rings is 1. The van der Waals surface area contributed by atoms with Gasteiger partial charge in [-0.3, -0.25) is 9.36 Å². The van der Waals surface area contributed by atoms with Crippen molar-refractivity contribution in [1.82, 2.24) is 29.5 Å². The number of carboxylic acid groups (broad SMARTS) is 1. The second-order valence-corrected chi connectivity index (χ2v) is 8.12. The van der Waals surface area contributed by atoms with Crippen molar-refractivity contribution in [2.75, 3.05) is 0 Å². The number of hydrogen-bond acceptors (Lipinski definition) is 5. The van der Waals surface area contributed by atoms with E-state index in [2.05, 4.69) is 48.9 Å². The summed E-state index contributed by atoms with van der Waals surface area (Å²) in [4.78, 5) is 18.0. The van der Waals surface area contributed by atoms with Crippen LogP contribution in [-0.4, -0.2) is 40.7 Å². The fraction of sp³-hybridized carbons (Fsp3) is 0.292. The third kappa shape index (κ3) is 5.62. The van der Waals surface area contributed by atoms with Gasteiger partial charge in [-0.15, -0.1) is 0 Å². The first-order chi connectivity index (χ1) is 16.0. The van der Waals surface area contributed by atoms with Crippen LogP contribution in [0.15, 0.2) is 61.4 Å². The number of primary amides is 1. The first-order valence-electron chi connectivity index (χ1n) is 10.9. The van der Waals surface area contributed by atoms with Gasteiger partial charge < -0.3 is 10.8 Å². The van der Waals surface area contributed by atoms with E-state index in [9.17, 15) is 0 Å². The van der Waals surface area contributed by atoms with Crippen LogP contribution in [0.4, 0.5) is 4.79 Å². The van der Waals surface area contributed by atoms with Crippen LogP contribution >= 0.6 is 0 Å². The third-order valence-electron chi connectivity index (χ3n) is 5.69. The van der Waals surface area contributed by atoms with E-state index in [-0.39, 0.29) is 0 Å². The molecule has 1 aromatic carbocycles. The van der Waals surface area contributed by atoms with Gasteiger partial charge in [-0.05, 0) is 24.5 Å². The minimum absolute atomic E-state index is 0.535. The second kappa shape index (κ2) is 10.1. The molecule has 0 aliphatic heterocycles. The molecule has 3 aromatic heterocycles. The lowest BCUT2D eigenvalue weighted by molar-refractivity contribution is 0.205. The number of aromatic nitrogens is 6. The maximum Gasteiger partial charge on any atom is 0.402 e. The minimum atomic E-state index is -1.33. The van der Waals surface area contributed by atoms with Crippen LogP contribution in [0, 0.1) is 0 Å². The van der Waals surface area contributed by atoms with Crippen LogP contribution < -0.4 is 5.73 Å². The molecular formula is C24H27N7O2. The van der Waals surface area contributed by atoms with Gasteiger partial charge in [0.15, 0.2) is 5.82 Å². The Morgan fingerprint density at radius 3 is 2.21 bits per heavy atom. The zero-order valence-electron chi connectivity index (χ0n) is 18.5. The van der Waals surface area contributed by atoms with Crippen LogP contribution in [0.25, 0.3) is 33.6 Å². The van der Waals surface area contributed by atoms with Gasteiger partial charge >= 0.3 is 6.09 Å². The zero-order chi connectivity index (χ0) is 23.2. The highest BCUT2D eigenvalue weighted by Gasteiger charge is 2.16. The Bertz CT molecular complexity index is 1200. The van der Waals surface area contributed by atoms with Crippen molar-refractivity contribution < 1.29 is 9.90 Å². The monoisotopic (exact) mass is 445 g/mol. The maximum absolute atomic E-state index is 8.78. The fourth-order valence-corrected chi connectivity index (χ4v) is 4.07. The fourth-order valence-electron chi connectivity index (χ4n) is 4.07. The van der Waals surface area contributed by atoms with Crippen molar-refractivity contribution in [2.24, 2.45) is 12.8 Å². The van der Waals surface area contributed by atoms with Crippen molar-refractivity contribution in [3.63, 3.8) is 0 Å². The molecule has 1 fully saturated rings. The van der Waals surface area contributed by atoms with Gasteiger partial charge in [0.1, 0.15) is 0 Å². The van der Waals surface area contributed by atoms with Crippen molar-refractivity contribution in [3.8, 4) is 33.6 Å². The summed E-state index contributed by atoms with van der Waals surface area (Å²) < 4.78 is 3.93. The summed E-state index contributed by atoms with van der Waals surface area (Å²) in [6, 6.07) is 8.79. The molecular weight excluding hydrogens is 418 g/mol. The Labute approximate surface area is 191 Å². The first-order valence-corrected chi connectivity index (χ1v) is 10.9. The first kappa shape index (κ1) is 22.2. The van der Waals surface area contributed by atoms with Gasteiger partial charge in [-0.2, -0.15) is 10.2 Å². The minimum Gasteiger partial charge on any atom is -0.465 e. The lowest BCUT2D eigenvalue weighted by Crippen LogP contribution is -2.12. The molecule has 33 heavy (non-hydrogen) atoms. The molecule has 0 spiro atoms. The lowest BCUT2D eigenvalue weighted by atomic mass is 9.96. The number of amides is 1. The largest absolute Gasteiger partial charge is 0.465 e. The summed E-state index contributed by atoms with van der Waals surface area (Å²) in [5.41, 5.74) is 9.29. The van der Waals surface area contributed by atoms with Gasteiger partial charge in [-0.1, -0.05) is 37.5 Å². The van der Waals surface area contributed by atoms with Crippen molar-refractivity contribution in [1.29, 1.82) is 0 Å². The Balaban J connectivity index is 0.000000601. The summed E-state index contributed by atoms with van der Waals surface area (Å²) >= 11 is 0. The number of rotatable bonds is 4. The molecule has 9 nitrogen and oxygen atoms in total. The summed E-state index contributed by atoms with van der Waals surface area (Å²) in [5.74, 6) is 0.721. The van der Waals surface area contributed by atoms with E-state index in [0.717, 1.165) is 33.6 Å². The molecule has 3 heterocycles. The molecule has 5 rings (SSSR count). The van der Waals surface area contributed by atoms with Gasteiger partial charge in [-0.25, -0.2) is 14.8 Å². The van der Waals surface area contributed by atoms with Crippen molar-refractivity contribution >= 4 is 6.09 Å². The average Bonchev–Trinajstić information content (AvgIpc) is 3.49. The van der Waals surface area contributed by atoms with Gasteiger partial charge in [0.05, 0.1) is 18.4 Å². The van der Waals surface area contributed by atoms with Gasteiger partial charge in [0, 0.05) is 54.1 Å². The summed E-state index contributed by atoms with van der Waals surface area (Å²) in [5, 5.41) is 16.0. The summed E-state index contributed by atoms with van der Waals surface area (Å²) in [6.07, 6.45) is 16.8. The summed E-state index contributed by atoms with van der Waals surface area (Å²) in [6.45, 7) is 0. The highest BCUT2D eigenvalue weighted by molar-refractivity contribution is 5.70. The Morgan fingerprint density at radius 1 is 0.909 bits per heavy atom. The van der Waals surface area contributed by atoms with E-state index in [1.165, 1.54) is 32.1 Å². The van der Waals surface area contributed by atoms with E-state index in [4.69, 9.17) is 9.90 Å². The zero-order valence-corrected chi connectivity index (χ0v) is 18.5. The number of nitrogens with zero attached hydrogens (tertiary/aromatic N) is 6. The highest BCUT2D eigenvalue weighted by atomic mass is 16.4. The van der Waals surface area contributed by atoms with Crippen LogP contribution in [-0.2, 0) is 7.05 Å². The molecule has 1 aliphatic carbocycles. The Kier molecular flexibility index (Phi) is 6.77. The lowest BCUT2D eigenvalue weighted by Gasteiger charge is -2.21. The topological polar surface area (TPSA) is 125 Å². The van der Waals surface area contributed by atoms with E-state index < -0.39 is 6.09 Å². The third-order valence-corrected chi connectivity index (χ3v) is 5.69. The van der Waals surface area contributed by atoms with Gasteiger partial charge in [0.2, 0.25) is 0 Å². The number of carbonyl (C=O) groups is 1. The molecule has 1 aliphatic rings. The van der Waals surface area contributed by atoms with Crippen LogP contribution in [0.2, 0.25) is 0 Å². The highest BCUT2D eigenvalue weighted by Crippen LogP contribution is 2.29. The normalized spacial score (nSPS) is 13.8. The molecule has 1 saturated carbocycles. The standard InChI is InChI=1S/C23H24N6.CH3NO2/c1-28-15-20(13-26-28)17-6-5-7-18(10-17)23-24-11-19(12-25-23)21-14-27-29(16-21)22-8-3-2-4-9-22;2-1(3)4/h5-7,10-16,22H,2-4,8-9H2,1H3;2H2,(H,3,4). The van der Waals surface area contributed by atoms with Crippen molar-refractivity contribution in [3.05, 3.63) is 61.4 Å². The quantitative estimate of drug-likeness (QED) is 0.475. The van der Waals surface area contributed by atoms with Gasteiger partial charge in [0.25, 0.3) is 0 Å². The van der Waals surface area contributed by atoms with Crippen LogP contribution in [0.5, 0.6) is 0 Å².